The Morgan fingerprint density at radius 1 is 0.781 bits per heavy atom. The van der Waals surface area contributed by atoms with E-state index in [0.29, 0.717) is 28.4 Å². The van der Waals surface area contributed by atoms with Crippen molar-refractivity contribution in [2.75, 3.05) is 24.9 Å². The predicted octanol–water partition coefficient (Wildman–Crippen LogP) is 4.39. The molecule has 0 heterocycles. The van der Waals surface area contributed by atoms with Crippen LogP contribution in [0.2, 0.25) is 0 Å². The molecule has 0 atom stereocenters. The molecule has 3 N–H and O–H groups in total. The molecule has 0 unspecified atom stereocenters. The van der Waals surface area contributed by atoms with Crippen molar-refractivity contribution in [2.45, 2.75) is 6.92 Å². The first-order chi connectivity index (χ1) is 15.4. The van der Waals surface area contributed by atoms with Gasteiger partial charge in [0.15, 0.2) is 5.11 Å². The molecule has 2 amide bonds. The highest BCUT2D eigenvalue weighted by molar-refractivity contribution is 7.80. The van der Waals surface area contributed by atoms with Crippen LogP contribution in [0.3, 0.4) is 0 Å². The van der Waals surface area contributed by atoms with E-state index in [0.717, 1.165) is 5.56 Å². The first-order valence-corrected chi connectivity index (χ1v) is 10.1. The smallest absolute Gasteiger partial charge is 0.264 e. The maximum atomic E-state index is 12.8. The van der Waals surface area contributed by atoms with Crippen molar-refractivity contribution in [1.29, 1.82) is 0 Å². The molecule has 0 radical (unpaired) electrons. The second kappa shape index (κ2) is 10.4. The number of rotatable bonds is 6. The number of hydrogen-bond donors (Lipinski definition) is 3. The third kappa shape index (κ3) is 5.41. The van der Waals surface area contributed by atoms with Gasteiger partial charge in [-0.3, -0.25) is 14.9 Å². The van der Waals surface area contributed by atoms with Gasteiger partial charge in [0.25, 0.3) is 11.8 Å². The van der Waals surface area contributed by atoms with Crippen molar-refractivity contribution in [1.82, 2.24) is 5.32 Å². The zero-order chi connectivity index (χ0) is 23.1. The summed E-state index contributed by atoms with van der Waals surface area (Å²) in [5.41, 5.74) is 2.91. The zero-order valence-corrected chi connectivity index (χ0v) is 18.7. The molecule has 3 aromatic rings. The predicted molar refractivity (Wildman–Crippen MR) is 129 cm³/mol. The molecule has 0 aliphatic carbocycles. The van der Waals surface area contributed by atoms with Crippen LogP contribution < -0.4 is 25.4 Å². The Balaban J connectivity index is 1.68. The summed E-state index contributed by atoms with van der Waals surface area (Å²) in [7, 11) is 2.94. The molecule has 164 valence electrons. The summed E-state index contributed by atoms with van der Waals surface area (Å²) in [6.07, 6.45) is 0. The lowest BCUT2D eigenvalue weighted by Crippen LogP contribution is -2.34. The Bertz CT molecular complexity index is 1140. The summed E-state index contributed by atoms with van der Waals surface area (Å²) in [5, 5.41) is 8.53. The Hall–Kier alpha value is -3.91. The van der Waals surface area contributed by atoms with Crippen LogP contribution in [0, 0.1) is 6.92 Å². The van der Waals surface area contributed by atoms with Gasteiger partial charge in [0.2, 0.25) is 0 Å². The number of hydrogen-bond acceptors (Lipinski definition) is 5. The molecular formula is C24H23N3O4S. The van der Waals surface area contributed by atoms with Crippen molar-refractivity contribution in [3.8, 4) is 11.5 Å². The van der Waals surface area contributed by atoms with Crippen LogP contribution in [0.5, 0.6) is 11.5 Å². The molecule has 0 saturated heterocycles. The van der Waals surface area contributed by atoms with E-state index in [9.17, 15) is 9.59 Å². The molecule has 7 nitrogen and oxygen atoms in total. The van der Waals surface area contributed by atoms with Crippen LogP contribution in [0.15, 0.2) is 66.7 Å². The monoisotopic (exact) mass is 449 g/mol. The normalized spacial score (nSPS) is 10.1. The minimum absolute atomic E-state index is 0.0883. The number of carbonyl (C=O) groups is 2. The first-order valence-electron chi connectivity index (χ1n) is 9.73. The highest BCUT2D eigenvalue weighted by Crippen LogP contribution is 2.28. The summed E-state index contributed by atoms with van der Waals surface area (Å²) < 4.78 is 10.5. The molecule has 0 aliphatic rings. The average molecular weight is 450 g/mol. The highest BCUT2D eigenvalue weighted by Gasteiger charge is 2.19. The van der Waals surface area contributed by atoms with E-state index in [2.05, 4.69) is 16.0 Å². The lowest BCUT2D eigenvalue weighted by Gasteiger charge is -2.14. The van der Waals surface area contributed by atoms with Crippen LogP contribution in [-0.4, -0.2) is 31.1 Å². The first kappa shape index (κ1) is 22.8. The van der Waals surface area contributed by atoms with Gasteiger partial charge in [-0.25, -0.2) is 0 Å². The summed E-state index contributed by atoms with van der Waals surface area (Å²) >= 11 is 5.28. The number of nitrogens with one attached hydrogen (secondary N) is 3. The van der Waals surface area contributed by atoms with Crippen LogP contribution in [0.4, 0.5) is 11.4 Å². The minimum atomic E-state index is -0.471. The average Bonchev–Trinajstić information content (AvgIpc) is 2.78. The fourth-order valence-electron chi connectivity index (χ4n) is 3.10. The number of anilines is 2. The third-order valence-electron chi connectivity index (χ3n) is 4.65. The summed E-state index contributed by atoms with van der Waals surface area (Å²) in [6, 6.07) is 19.4. The Labute approximate surface area is 191 Å². The summed E-state index contributed by atoms with van der Waals surface area (Å²) in [4.78, 5) is 25.3. The number of amides is 2. The van der Waals surface area contributed by atoms with Crippen LogP contribution in [0.1, 0.15) is 26.3 Å². The second-order valence-electron chi connectivity index (χ2n) is 6.80. The molecule has 8 heteroatoms. The maximum Gasteiger partial charge on any atom is 0.264 e. The number of aryl methyl sites for hydroxylation is 1. The van der Waals surface area contributed by atoms with E-state index >= 15 is 0 Å². The van der Waals surface area contributed by atoms with Gasteiger partial charge in [-0.05, 0) is 61.1 Å². The largest absolute Gasteiger partial charge is 0.496 e. The molecule has 0 spiro atoms. The molecule has 0 bridgehead atoms. The molecule has 0 fully saturated rings. The zero-order valence-electron chi connectivity index (χ0n) is 17.9. The van der Waals surface area contributed by atoms with E-state index in [1.54, 1.807) is 48.5 Å². The molecule has 0 aromatic heterocycles. The van der Waals surface area contributed by atoms with Crippen molar-refractivity contribution < 1.29 is 19.1 Å². The lowest BCUT2D eigenvalue weighted by atomic mass is 10.1. The van der Waals surface area contributed by atoms with E-state index in [-0.39, 0.29) is 16.6 Å². The number of carbonyl (C=O) groups excluding carboxylic acids is 2. The van der Waals surface area contributed by atoms with Gasteiger partial charge in [-0.2, -0.15) is 0 Å². The van der Waals surface area contributed by atoms with Gasteiger partial charge >= 0.3 is 0 Å². The van der Waals surface area contributed by atoms with E-state index in [4.69, 9.17) is 21.7 Å². The number of benzene rings is 3. The second-order valence-corrected chi connectivity index (χ2v) is 7.20. The quantitative estimate of drug-likeness (QED) is 0.484. The Kier molecular flexibility index (Phi) is 7.41. The standard InChI is InChI=1S/C24H23N3O4S/c1-15-8-4-5-11-18(15)22(28)25-16-9-6-10-17(14-16)26-24(32)27-23(29)21-19(30-2)12-7-13-20(21)31-3/h4-14H,1-3H3,(H,25,28)(H2,26,27,29,32). The Morgan fingerprint density at radius 2 is 1.38 bits per heavy atom. The van der Waals surface area contributed by atoms with Gasteiger partial charge < -0.3 is 20.1 Å². The maximum absolute atomic E-state index is 12.8. The van der Waals surface area contributed by atoms with Crippen LogP contribution >= 0.6 is 12.2 Å². The van der Waals surface area contributed by atoms with Gasteiger partial charge in [-0.1, -0.05) is 30.3 Å². The van der Waals surface area contributed by atoms with Crippen LogP contribution in [0.25, 0.3) is 0 Å². The molecule has 0 aliphatic heterocycles. The Morgan fingerprint density at radius 3 is 2.00 bits per heavy atom. The fraction of sp³-hybridized carbons (Fsp3) is 0.125. The van der Waals surface area contributed by atoms with Crippen LogP contribution in [-0.2, 0) is 0 Å². The van der Waals surface area contributed by atoms with Crippen molar-refractivity contribution in [3.63, 3.8) is 0 Å². The SMILES string of the molecule is COc1cccc(OC)c1C(=O)NC(=S)Nc1cccc(NC(=O)c2ccccc2C)c1. The third-order valence-corrected chi connectivity index (χ3v) is 4.85. The minimum Gasteiger partial charge on any atom is -0.496 e. The number of ether oxygens (including phenoxy) is 2. The lowest BCUT2D eigenvalue weighted by molar-refractivity contribution is 0.0970. The summed E-state index contributed by atoms with van der Waals surface area (Å²) in [6.45, 7) is 1.88. The van der Waals surface area contributed by atoms with E-state index in [1.807, 2.05) is 25.1 Å². The molecule has 0 saturated carbocycles. The molecular weight excluding hydrogens is 426 g/mol. The van der Waals surface area contributed by atoms with Crippen molar-refractivity contribution >= 4 is 40.5 Å². The highest BCUT2D eigenvalue weighted by atomic mass is 32.1. The summed E-state index contributed by atoms with van der Waals surface area (Å²) in [5.74, 6) is 0.0522. The van der Waals surface area contributed by atoms with Gasteiger partial charge in [-0.15, -0.1) is 0 Å². The van der Waals surface area contributed by atoms with Crippen molar-refractivity contribution in [2.24, 2.45) is 0 Å². The molecule has 3 aromatic carbocycles. The fourth-order valence-corrected chi connectivity index (χ4v) is 3.31. The molecule has 32 heavy (non-hydrogen) atoms. The van der Waals surface area contributed by atoms with Gasteiger partial charge in [0.05, 0.1) is 14.2 Å². The van der Waals surface area contributed by atoms with E-state index < -0.39 is 5.91 Å². The van der Waals surface area contributed by atoms with Gasteiger partial charge in [0.1, 0.15) is 17.1 Å². The number of thiocarbonyl (C=S) groups is 1. The van der Waals surface area contributed by atoms with Gasteiger partial charge in [0, 0.05) is 16.9 Å². The molecule has 3 rings (SSSR count). The van der Waals surface area contributed by atoms with E-state index in [1.165, 1.54) is 14.2 Å². The number of methoxy groups -OCH3 is 2. The topological polar surface area (TPSA) is 88.7 Å². The van der Waals surface area contributed by atoms with Crippen molar-refractivity contribution in [3.05, 3.63) is 83.4 Å².